The number of nitrogens with zero attached hydrogens (tertiary/aromatic N) is 6. The number of carbonyl (C=O) groups is 1. The fourth-order valence-electron chi connectivity index (χ4n) is 3.52. The quantitative estimate of drug-likeness (QED) is 0.738. The van der Waals surface area contributed by atoms with Gasteiger partial charge >= 0.3 is 5.97 Å². The number of piperidine rings is 1. The Morgan fingerprint density at radius 1 is 1.48 bits per heavy atom. The molecule has 3 heterocycles. The van der Waals surface area contributed by atoms with Crippen molar-refractivity contribution in [1.29, 1.82) is 5.26 Å². The number of anilines is 1. The van der Waals surface area contributed by atoms with E-state index in [0.717, 1.165) is 0 Å². The van der Waals surface area contributed by atoms with Crippen LogP contribution in [0.5, 0.6) is 0 Å². The number of halogens is 2. The summed E-state index contributed by atoms with van der Waals surface area (Å²) in [6, 6.07) is 5.00. The Bertz CT molecular complexity index is 956. The third kappa shape index (κ3) is 4.32. The first-order chi connectivity index (χ1) is 13.8. The molecule has 1 atom stereocenters. The van der Waals surface area contributed by atoms with Crippen LogP contribution in [0.1, 0.15) is 24.2 Å². The minimum absolute atomic E-state index is 0.0495. The molecule has 154 valence electrons. The molecule has 0 aliphatic carbocycles. The smallest absolute Gasteiger partial charge is 0.305 e. The molecular weight excluding hydrogens is 386 g/mol. The Hall–Kier alpha value is -3.13. The maximum Gasteiger partial charge on any atom is 0.305 e. The summed E-state index contributed by atoms with van der Waals surface area (Å²) in [6.07, 6.45) is -0.555. The molecule has 0 unspecified atom stereocenters. The molecule has 3 rings (SSSR count). The number of rotatable bonds is 5. The molecule has 1 N–H and O–H groups in total. The zero-order valence-electron chi connectivity index (χ0n) is 16.0. The molecule has 2 aromatic heterocycles. The van der Waals surface area contributed by atoms with Crippen LogP contribution >= 0.6 is 0 Å². The first-order valence-corrected chi connectivity index (χ1v) is 8.88. The minimum atomic E-state index is -3.02. The first kappa shape index (κ1) is 20.6. The highest BCUT2D eigenvalue weighted by atomic mass is 19.3. The van der Waals surface area contributed by atoms with E-state index in [1.165, 1.54) is 22.8 Å². The summed E-state index contributed by atoms with van der Waals surface area (Å²) in [5, 5.41) is 26.8. The van der Waals surface area contributed by atoms with Gasteiger partial charge in [0.05, 0.1) is 43.8 Å². The van der Waals surface area contributed by atoms with Crippen LogP contribution < -0.4 is 4.90 Å². The van der Waals surface area contributed by atoms with Crippen molar-refractivity contribution in [3.8, 4) is 17.5 Å². The molecule has 2 aromatic rings. The van der Waals surface area contributed by atoms with Crippen LogP contribution in [-0.2, 0) is 23.2 Å². The molecule has 1 aliphatic rings. The monoisotopic (exact) mass is 406 g/mol. The summed E-state index contributed by atoms with van der Waals surface area (Å²) in [4.78, 5) is 17.1. The van der Waals surface area contributed by atoms with Crippen LogP contribution in [0.25, 0.3) is 11.4 Å². The number of aryl methyl sites for hydroxylation is 1. The topological polar surface area (TPSA) is 117 Å². The number of carbonyl (C=O) groups excluding carboxylic acids is 1. The second-order valence-electron chi connectivity index (χ2n) is 6.93. The number of aliphatic hydroxyl groups excluding tert-OH is 1. The number of alkyl halides is 2. The Morgan fingerprint density at radius 3 is 2.90 bits per heavy atom. The number of methoxy groups -OCH3 is 1. The highest BCUT2D eigenvalue weighted by Crippen LogP contribution is 2.36. The number of aromatic nitrogens is 4. The predicted molar refractivity (Wildman–Crippen MR) is 96.8 cm³/mol. The molecular formula is C18H20F2N6O3. The van der Waals surface area contributed by atoms with Gasteiger partial charge in [-0.15, -0.1) is 5.10 Å². The summed E-state index contributed by atoms with van der Waals surface area (Å²) in [7, 11) is 2.82. The van der Waals surface area contributed by atoms with Gasteiger partial charge < -0.3 is 14.7 Å². The maximum atomic E-state index is 14.3. The summed E-state index contributed by atoms with van der Waals surface area (Å²) >= 11 is 0. The fraction of sp³-hybridized carbons (Fsp3) is 0.500. The van der Waals surface area contributed by atoms with Gasteiger partial charge in [-0.3, -0.25) is 4.79 Å². The van der Waals surface area contributed by atoms with Crippen LogP contribution in [-0.4, -0.2) is 57.2 Å². The van der Waals surface area contributed by atoms with Crippen molar-refractivity contribution in [1.82, 2.24) is 20.0 Å². The summed E-state index contributed by atoms with van der Waals surface area (Å²) in [5.74, 6) is -4.18. The molecule has 0 amide bonds. The van der Waals surface area contributed by atoms with Gasteiger partial charge in [-0.05, 0) is 18.1 Å². The molecule has 0 radical (unpaired) electrons. The largest absolute Gasteiger partial charge is 0.469 e. The van der Waals surface area contributed by atoms with Crippen molar-refractivity contribution < 1.29 is 23.4 Å². The first-order valence-electron chi connectivity index (χ1n) is 8.88. The lowest BCUT2D eigenvalue weighted by Crippen LogP contribution is -2.48. The number of ether oxygens (including phenoxy) is 1. The molecule has 9 nitrogen and oxygen atoms in total. The van der Waals surface area contributed by atoms with E-state index in [1.807, 2.05) is 6.07 Å². The van der Waals surface area contributed by atoms with E-state index in [9.17, 15) is 23.9 Å². The lowest BCUT2D eigenvalue weighted by molar-refractivity contribution is -0.142. The summed E-state index contributed by atoms with van der Waals surface area (Å²) in [5.41, 5.74) is 1.23. The average Bonchev–Trinajstić information content (AvgIpc) is 3.06. The van der Waals surface area contributed by atoms with Crippen molar-refractivity contribution in [3.05, 3.63) is 23.5 Å². The molecule has 1 fully saturated rings. The molecule has 29 heavy (non-hydrogen) atoms. The zero-order valence-corrected chi connectivity index (χ0v) is 16.0. The van der Waals surface area contributed by atoms with Crippen LogP contribution in [0, 0.1) is 17.2 Å². The average molecular weight is 406 g/mol. The molecule has 0 spiro atoms. The lowest BCUT2D eigenvalue weighted by atomic mass is 9.91. The second kappa shape index (κ2) is 8.08. The standard InChI is InChI=1S/C18H20F2N6O3/c1-25-15(9-27)17(23-24-25)12-3-4-14(13(7-21)22-12)26-8-11(5-16(28)29-2)6-18(19,20)10-26/h3-4,11,27H,5-6,8-10H2,1-2H3/t11-/m0/s1. The Labute approximate surface area is 165 Å². The van der Waals surface area contributed by atoms with Gasteiger partial charge in [0.15, 0.2) is 5.69 Å². The molecule has 0 aromatic carbocycles. The molecule has 0 bridgehead atoms. The Kier molecular flexibility index (Phi) is 5.74. The van der Waals surface area contributed by atoms with Gasteiger partial charge in [0.2, 0.25) is 0 Å². The fourth-order valence-corrected chi connectivity index (χ4v) is 3.52. The van der Waals surface area contributed by atoms with Crippen molar-refractivity contribution in [2.75, 3.05) is 25.1 Å². The van der Waals surface area contributed by atoms with E-state index in [-0.39, 0.29) is 31.0 Å². The van der Waals surface area contributed by atoms with E-state index in [0.29, 0.717) is 17.1 Å². The van der Waals surface area contributed by atoms with Gasteiger partial charge in [0, 0.05) is 20.0 Å². The molecule has 11 heteroatoms. The van der Waals surface area contributed by atoms with Crippen LogP contribution in [0.15, 0.2) is 12.1 Å². The number of pyridine rings is 1. The van der Waals surface area contributed by atoms with Crippen LogP contribution in [0.3, 0.4) is 0 Å². The summed E-state index contributed by atoms with van der Waals surface area (Å²) in [6.45, 7) is -0.724. The maximum absolute atomic E-state index is 14.3. The second-order valence-corrected chi connectivity index (χ2v) is 6.93. The molecule has 1 aliphatic heterocycles. The number of hydrogen-bond donors (Lipinski definition) is 1. The van der Waals surface area contributed by atoms with E-state index in [4.69, 9.17) is 0 Å². The third-order valence-electron chi connectivity index (χ3n) is 4.83. The number of aliphatic hydroxyl groups is 1. The number of hydrogen-bond acceptors (Lipinski definition) is 8. The van der Waals surface area contributed by atoms with Crippen molar-refractivity contribution in [2.45, 2.75) is 25.4 Å². The zero-order chi connectivity index (χ0) is 21.2. The highest BCUT2D eigenvalue weighted by molar-refractivity contribution is 5.70. The Morgan fingerprint density at radius 2 is 2.24 bits per heavy atom. The minimum Gasteiger partial charge on any atom is -0.469 e. The van der Waals surface area contributed by atoms with E-state index in [1.54, 1.807) is 13.1 Å². The number of esters is 1. The van der Waals surface area contributed by atoms with Crippen LogP contribution in [0.2, 0.25) is 0 Å². The van der Waals surface area contributed by atoms with Crippen molar-refractivity contribution in [3.63, 3.8) is 0 Å². The predicted octanol–water partition coefficient (Wildman–Crippen LogP) is 1.27. The summed E-state index contributed by atoms with van der Waals surface area (Å²) < 4.78 is 34.5. The van der Waals surface area contributed by atoms with Crippen molar-refractivity contribution >= 4 is 11.7 Å². The van der Waals surface area contributed by atoms with Gasteiger partial charge in [-0.2, -0.15) is 5.26 Å². The van der Waals surface area contributed by atoms with Gasteiger partial charge in [0.1, 0.15) is 11.8 Å². The normalized spacial score (nSPS) is 18.3. The molecule has 0 saturated carbocycles. The third-order valence-corrected chi connectivity index (χ3v) is 4.83. The lowest BCUT2D eigenvalue weighted by Gasteiger charge is -2.38. The SMILES string of the molecule is COC(=O)C[C@@H]1CN(c2ccc(-c3nnn(C)c3CO)nc2C#N)CC(F)(F)C1. The molecule has 1 saturated heterocycles. The Balaban J connectivity index is 1.93. The van der Waals surface area contributed by atoms with Gasteiger partial charge in [0.25, 0.3) is 5.92 Å². The number of nitriles is 1. The van der Waals surface area contributed by atoms with Gasteiger partial charge in [-0.25, -0.2) is 18.4 Å². The van der Waals surface area contributed by atoms with E-state index in [2.05, 4.69) is 20.0 Å². The van der Waals surface area contributed by atoms with Crippen LogP contribution in [0.4, 0.5) is 14.5 Å². The van der Waals surface area contributed by atoms with Gasteiger partial charge in [-0.1, -0.05) is 5.21 Å². The highest BCUT2D eigenvalue weighted by Gasteiger charge is 2.41. The van der Waals surface area contributed by atoms with E-state index >= 15 is 0 Å². The van der Waals surface area contributed by atoms with Crippen molar-refractivity contribution in [2.24, 2.45) is 13.0 Å². The van der Waals surface area contributed by atoms with E-state index < -0.39 is 30.8 Å².